The molecule has 0 spiro atoms. The van der Waals surface area contributed by atoms with Gasteiger partial charge in [-0.25, -0.2) is 0 Å². The summed E-state index contributed by atoms with van der Waals surface area (Å²) in [5, 5.41) is 1.22. The van der Waals surface area contributed by atoms with Crippen molar-refractivity contribution in [3.8, 4) is 0 Å². The zero-order valence-corrected chi connectivity index (χ0v) is 15.6. The molecule has 5 nitrogen and oxygen atoms in total. The zero-order chi connectivity index (χ0) is 16.4. The molecule has 3 rings (SSSR count). The van der Waals surface area contributed by atoms with Gasteiger partial charge in [0.25, 0.3) is 0 Å². The van der Waals surface area contributed by atoms with E-state index < -0.39 is 0 Å². The number of amides is 1. The second-order valence-electron chi connectivity index (χ2n) is 7.62. The van der Waals surface area contributed by atoms with E-state index in [1.165, 1.54) is 18.0 Å². The Labute approximate surface area is 144 Å². The second-order valence-corrected chi connectivity index (χ2v) is 9.29. The Bertz CT molecular complexity index is 471. The van der Waals surface area contributed by atoms with E-state index in [9.17, 15) is 4.79 Å². The predicted octanol–water partition coefficient (Wildman–Crippen LogP) is 1.89. The molecular weight excluding hydrogens is 308 g/mol. The number of likely N-dealkylation sites (tertiary alicyclic amines) is 1. The highest BCUT2D eigenvalue weighted by atomic mass is 32.2. The van der Waals surface area contributed by atoms with Gasteiger partial charge in [-0.15, -0.1) is 0 Å². The Morgan fingerprint density at radius 2 is 2.00 bits per heavy atom. The summed E-state index contributed by atoms with van der Waals surface area (Å²) in [6, 6.07) is 0.445. The Hall–Kier alpha value is -0.750. The number of carbonyl (C=O) groups excluding carboxylic acids is 1. The molecule has 1 unspecified atom stereocenters. The van der Waals surface area contributed by atoms with Gasteiger partial charge in [0.2, 0.25) is 5.91 Å². The maximum absolute atomic E-state index is 12.3. The summed E-state index contributed by atoms with van der Waals surface area (Å²) in [5.41, 5.74) is 0. The topological polar surface area (TPSA) is 39.2 Å². The SMILES string of the molecule is CC1CCCN1C(=O)CCN1CCN(C2=NCC(C)(C)S2)CC1. The number of rotatable bonds is 3. The first-order chi connectivity index (χ1) is 10.9. The summed E-state index contributed by atoms with van der Waals surface area (Å²) in [7, 11) is 0. The Balaban J connectivity index is 1.39. The molecule has 130 valence electrons. The highest BCUT2D eigenvalue weighted by Gasteiger charge is 2.32. The molecule has 2 saturated heterocycles. The van der Waals surface area contributed by atoms with E-state index in [4.69, 9.17) is 4.99 Å². The predicted molar refractivity (Wildman–Crippen MR) is 97.0 cm³/mol. The smallest absolute Gasteiger partial charge is 0.224 e. The molecule has 2 fully saturated rings. The molecule has 1 amide bonds. The molecule has 0 radical (unpaired) electrons. The van der Waals surface area contributed by atoms with Crippen LogP contribution in [0.4, 0.5) is 0 Å². The summed E-state index contributed by atoms with van der Waals surface area (Å²) >= 11 is 1.91. The van der Waals surface area contributed by atoms with Crippen LogP contribution in [0.15, 0.2) is 4.99 Å². The monoisotopic (exact) mass is 338 g/mol. The molecular formula is C17H30N4OS. The summed E-state index contributed by atoms with van der Waals surface area (Å²) in [5.74, 6) is 0.343. The number of carbonyl (C=O) groups is 1. The number of amidine groups is 1. The molecule has 3 aliphatic rings. The fourth-order valence-electron chi connectivity index (χ4n) is 3.60. The average Bonchev–Trinajstić information content (AvgIpc) is 3.11. The van der Waals surface area contributed by atoms with Crippen LogP contribution in [0.2, 0.25) is 0 Å². The normalized spacial score (nSPS) is 28.3. The van der Waals surface area contributed by atoms with Crippen LogP contribution in [0.3, 0.4) is 0 Å². The molecule has 0 aromatic carbocycles. The van der Waals surface area contributed by atoms with E-state index in [-0.39, 0.29) is 4.75 Å². The summed E-state index contributed by atoms with van der Waals surface area (Å²) in [4.78, 5) is 23.9. The van der Waals surface area contributed by atoms with Crippen LogP contribution in [0.5, 0.6) is 0 Å². The number of nitrogens with zero attached hydrogens (tertiary/aromatic N) is 4. The van der Waals surface area contributed by atoms with E-state index >= 15 is 0 Å². The van der Waals surface area contributed by atoms with Crippen molar-refractivity contribution in [3.05, 3.63) is 0 Å². The van der Waals surface area contributed by atoms with E-state index in [1.54, 1.807) is 0 Å². The molecule has 0 aromatic heterocycles. The third-order valence-electron chi connectivity index (χ3n) is 5.12. The van der Waals surface area contributed by atoms with Crippen molar-refractivity contribution in [1.82, 2.24) is 14.7 Å². The van der Waals surface area contributed by atoms with Crippen molar-refractivity contribution in [2.24, 2.45) is 4.99 Å². The molecule has 1 atom stereocenters. The first-order valence-corrected chi connectivity index (χ1v) is 9.76. The minimum absolute atomic E-state index is 0.255. The standard InChI is InChI=1S/C17H30N4OS/c1-14-5-4-7-21(14)15(22)6-8-19-9-11-20(12-10-19)16-18-13-17(2,3)23-16/h14H,4-13H2,1-3H3. The van der Waals surface area contributed by atoms with Crippen LogP contribution in [0.1, 0.15) is 40.0 Å². The van der Waals surface area contributed by atoms with Crippen molar-refractivity contribution in [2.45, 2.75) is 50.8 Å². The highest BCUT2D eigenvalue weighted by molar-refractivity contribution is 8.15. The molecule has 0 bridgehead atoms. The fraction of sp³-hybridized carbons (Fsp3) is 0.882. The first-order valence-electron chi connectivity index (χ1n) is 8.95. The lowest BCUT2D eigenvalue weighted by Crippen LogP contribution is -2.48. The molecule has 0 aromatic rings. The molecule has 0 aliphatic carbocycles. The number of hydrogen-bond acceptors (Lipinski definition) is 5. The van der Waals surface area contributed by atoms with Crippen LogP contribution in [-0.4, -0.2) is 82.4 Å². The maximum Gasteiger partial charge on any atom is 0.224 e. The van der Waals surface area contributed by atoms with Gasteiger partial charge in [-0.05, 0) is 33.6 Å². The van der Waals surface area contributed by atoms with Crippen LogP contribution in [0, 0.1) is 0 Å². The quantitative estimate of drug-likeness (QED) is 0.788. The van der Waals surface area contributed by atoms with Gasteiger partial charge in [-0.1, -0.05) is 11.8 Å². The van der Waals surface area contributed by atoms with Crippen molar-refractivity contribution >= 4 is 22.8 Å². The molecule has 0 saturated carbocycles. The van der Waals surface area contributed by atoms with Crippen LogP contribution >= 0.6 is 11.8 Å². The highest BCUT2D eigenvalue weighted by Crippen LogP contribution is 2.33. The lowest BCUT2D eigenvalue weighted by Gasteiger charge is -2.36. The zero-order valence-electron chi connectivity index (χ0n) is 14.8. The maximum atomic E-state index is 12.3. The van der Waals surface area contributed by atoms with Crippen molar-refractivity contribution in [2.75, 3.05) is 45.8 Å². The van der Waals surface area contributed by atoms with Gasteiger partial charge in [0.05, 0.1) is 6.54 Å². The minimum Gasteiger partial charge on any atom is -0.349 e. The third-order valence-corrected chi connectivity index (χ3v) is 6.37. The van der Waals surface area contributed by atoms with Gasteiger partial charge in [0, 0.05) is 56.5 Å². The summed E-state index contributed by atoms with van der Waals surface area (Å²) < 4.78 is 0.255. The fourth-order valence-corrected chi connectivity index (χ4v) is 4.66. The lowest BCUT2D eigenvalue weighted by atomic mass is 10.2. The average molecular weight is 339 g/mol. The Kier molecular flexibility index (Phi) is 5.21. The van der Waals surface area contributed by atoms with Gasteiger partial charge in [0.1, 0.15) is 0 Å². The first kappa shape index (κ1) is 17.1. The van der Waals surface area contributed by atoms with Crippen molar-refractivity contribution < 1.29 is 4.79 Å². The van der Waals surface area contributed by atoms with Gasteiger partial charge in [-0.3, -0.25) is 14.7 Å². The Morgan fingerprint density at radius 3 is 2.57 bits per heavy atom. The van der Waals surface area contributed by atoms with E-state index in [1.807, 2.05) is 11.8 Å². The largest absolute Gasteiger partial charge is 0.349 e. The summed E-state index contributed by atoms with van der Waals surface area (Å²) in [6.07, 6.45) is 3.01. The number of thioether (sulfide) groups is 1. The van der Waals surface area contributed by atoms with Gasteiger partial charge >= 0.3 is 0 Å². The minimum atomic E-state index is 0.255. The third kappa shape index (κ3) is 4.21. The van der Waals surface area contributed by atoms with E-state index in [0.29, 0.717) is 18.4 Å². The van der Waals surface area contributed by atoms with E-state index in [2.05, 4.69) is 35.5 Å². The van der Waals surface area contributed by atoms with Crippen LogP contribution < -0.4 is 0 Å². The second kappa shape index (κ2) is 7.01. The summed E-state index contributed by atoms with van der Waals surface area (Å²) in [6.45, 7) is 13.6. The van der Waals surface area contributed by atoms with Gasteiger partial charge < -0.3 is 9.80 Å². The van der Waals surface area contributed by atoms with Crippen LogP contribution in [-0.2, 0) is 4.79 Å². The number of piperazine rings is 1. The molecule has 3 aliphatic heterocycles. The molecule has 0 N–H and O–H groups in total. The van der Waals surface area contributed by atoms with E-state index in [0.717, 1.165) is 45.8 Å². The molecule has 6 heteroatoms. The van der Waals surface area contributed by atoms with Crippen molar-refractivity contribution in [1.29, 1.82) is 0 Å². The number of aliphatic imine (C=N–C) groups is 1. The van der Waals surface area contributed by atoms with Gasteiger partial charge in [0.15, 0.2) is 5.17 Å². The van der Waals surface area contributed by atoms with Crippen LogP contribution in [0.25, 0.3) is 0 Å². The molecule has 3 heterocycles. The molecule has 23 heavy (non-hydrogen) atoms. The van der Waals surface area contributed by atoms with Crippen molar-refractivity contribution in [3.63, 3.8) is 0 Å². The lowest BCUT2D eigenvalue weighted by molar-refractivity contribution is -0.132. The van der Waals surface area contributed by atoms with Gasteiger partial charge in [-0.2, -0.15) is 0 Å². The number of hydrogen-bond donors (Lipinski definition) is 0. The Morgan fingerprint density at radius 1 is 1.26 bits per heavy atom.